The number of aromatic nitrogens is 3. The number of carbonyl (C=O) groups excluding carboxylic acids is 1. The molecule has 178 valence electrons. The first-order valence-corrected chi connectivity index (χ1v) is 12.8. The normalized spacial score (nSPS) is 12.1. The summed E-state index contributed by atoms with van der Waals surface area (Å²) in [5, 5.41) is 16.3. The number of thiophene rings is 2. The molecule has 4 heterocycles. The zero-order valence-corrected chi connectivity index (χ0v) is 20.9. The molecule has 5 aromatic rings. The van der Waals surface area contributed by atoms with Crippen LogP contribution in [-0.2, 0) is 18.2 Å². The summed E-state index contributed by atoms with van der Waals surface area (Å²) in [6.45, 7) is 1.94. The lowest BCUT2D eigenvalue weighted by Crippen LogP contribution is -2.18. The summed E-state index contributed by atoms with van der Waals surface area (Å²) < 4.78 is 9.55. The number of aryl methyl sites for hydroxylation is 1. The van der Waals surface area contributed by atoms with Gasteiger partial charge in [-0.05, 0) is 30.7 Å². The number of hydrogen-bond acceptors (Lipinski definition) is 7. The van der Waals surface area contributed by atoms with E-state index in [-0.39, 0.29) is 12.7 Å². The lowest BCUT2D eigenvalue weighted by molar-refractivity contribution is 0.121. The minimum Gasteiger partial charge on any atom is -0.441 e. The van der Waals surface area contributed by atoms with Gasteiger partial charge < -0.3 is 9.84 Å². The largest absolute Gasteiger partial charge is 0.441 e. The van der Waals surface area contributed by atoms with Crippen LogP contribution in [0.3, 0.4) is 0 Å². The zero-order valence-electron chi connectivity index (χ0n) is 19.3. The first-order chi connectivity index (χ1) is 17.0. The highest BCUT2D eigenvalue weighted by Gasteiger charge is 2.19. The molecule has 1 atom stereocenters. The van der Waals surface area contributed by atoms with Crippen molar-refractivity contribution >= 4 is 44.0 Å². The predicted octanol–water partition coefficient (Wildman–Crippen LogP) is 6.27. The molecule has 0 saturated heterocycles. The summed E-state index contributed by atoms with van der Waals surface area (Å²) in [7, 11) is 1.79. The Bertz CT molecular complexity index is 1420. The topological polar surface area (TPSA) is 89.3 Å². The third kappa shape index (κ3) is 4.97. The molecule has 0 fully saturated rings. The second-order valence-corrected chi connectivity index (χ2v) is 10.2. The van der Waals surface area contributed by atoms with E-state index in [9.17, 15) is 4.79 Å². The Kier molecular flexibility index (Phi) is 6.63. The highest BCUT2D eigenvalue weighted by molar-refractivity contribution is 7.31. The number of ether oxygens (including phenoxy) is 1. The van der Waals surface area contributed by atoms with Crippen LogP contribution in [0.2, 0.25) is 0 Å². The Morgan fingerprint density at radius 3 is 2.54 bits per heavy atom. The molecule has 0 saturated carbocycles. The van der Waals surface area contributed by atoms with Crippen molar-refractivity contribution in [3.8, 4) is 20.9 Å². The minimum absolute atomic E-state index is 0.0961. The maximum Gasteiger partial charge on any atom is 0.413 e. The van der Waals surface area contributed by atoms with Crippen LogP contribution in [0.15, 0.2) is 67.0 Å². The van der Waals surface area contributed by atoms with E-state index in [0.29, 0.717) is 12.2 Å². The van der Waals surface area contributed by atoms with Gasteiger partial charge in [0.15, 0.2) is 0 Å². The molecule has 7 nitrogen and oxygen atoms in total. The first kappa shape index (κ1) is 23.2. The number of aliphatic hydroxyl groups is 1. The summed E-state index contributed by atoms with van der Waals surface area (Å²) in [6.07, 6.45) is 3.28. The van der Waals surface area contributed by atoms with Crippen molar-refractivity contribution in [3.63, 3.8) is 0 Å². The second kappa shape index (κ2) is 9.99. The molecule has 2 N–H and O–H groups in total. The number of pyridine rings is 1. The van der Waals surface area contributed by atoms with Gasteiger partial charge in [-0.25, -0.2) is 4.79 Å². The average Bonchev–Trinajstić information content (AvgIpc) is 3.54. The van der Waals surface area contributed by atoms with Gasteiger partial charge in [0.25, 0.3) is 0 Å². The number of anilines is 1. The number of rotatable bonds is 7. The standard InChI is InChI=1S/C26H24N4O3S2/c1-16(17-6-4-3-5-7-17)33-26(32)29-25-20(15-28-30(25)2)22-13-24-23(35-22)12-21(34-24)18-8-9-19(10-11-31)27-14-18/h3-9,12-16,31H,10-11H2,1-2H3,(H,29,32). The van der Waals surface area contributed by atoms with Crippen LogP contribution in [0.5, 0.6) is 0 Å². The maximum atomic E-state index is 12.6. The SMILES string of the molecule is CC(OC(=O)Nc1c(-c2cc3sc(-c4ccc(CCO)nc4)cc3s2)cnn1C)c1ccccc1. The number of amides is 1. The van der Waals surface area contributed by atoms with Crippen molar-refractivity contribution in [2.24, 2.45) is 7.05 Å². The molecule has 0 bridgehead atoms. The third-order valence-electron chi connectivity index (χ3n) is 5.66. The van der Waals surface area contributed by atoms with Crippen LogP contribution in [0.1, 0.15) is 24.3 Å². The van der Waals surface area contributed by atoms with Gasteiger partial charge in [-0.15, -0.1) is 22.7 Å². The zero-order chi connectivity index (χ0) is 24.4. The third-order valence-corrected chi connectivity index (χ3v) is 8.04. The average molecular weight is 505 g/mol. The number of benzene rings is 1. The number of nitrogens with zero attached hydrogens (tertiary/aromatic N) is 3. The van der Waals surface area contributed by atoms with E-state index in [1.165, 1.54) is 0 Å². The van der Waals surface area contributed by atoms with E-state index in [2.05, 4.69) is 27.5 Å². The fourth-order valence-electron chi connectivity index (χ4n) is 3.79. The molecule has 1 unspecified atom stereocenters. The van der Waals surface area contributed by atoms with Crippen molar-refractivity contribution < 1.29 is 14.6 Å². The fourth-order valence-corrected chi connectivity index (χ4v) is 6.19. The van der Waals surface area contributed by atoms with Crippen molar-refractivity contribution in [1.82, 2.24) is 14.8 Å². The molecule has 1 aromatic carbocycles. The Hall–Kier alpha value is -3.53. The van der Waals surface area contributed by atoms with Crippen LogP contribution in [0, 0.1) is 0 Å². The van der Waals surface area contributed by atoms with E-state index >= 15 is 0 Å². The van der Waals surface area contributed by atoms with Gasteiger partial charge in [0.1, 0.15) is 11.9 Å². The number of carbonyl (C=O) groups is 1. The Morgan fingerprint density at radius 1 is 1.09 bits per heavy atom. The van der Waals surface area contributed by atoms with Crippen LogP contribution >= 0.6 is 22.7 Å². The van der Waals surface area contributed by atoms with E-state index < -0.39 is 6.09 Å². The molecule has 35 heavy (non-hydrogen) atoms. The Morgan fingerprint density at radius 2 is 1.83 bits per heavy atom. The highest BCUT2D eigenvalue weighted by Crippen LogP contribution is 2.43. The smallest absolute Gasteiger partial charge is 0.413 e. The molecular formula is C26H24N4O3S2. The molecule has 0 aliphatic rings. The van der Waals surface area contributed by atoms with Crippen LogP contribution in [0.4, 0.5) is 10.6 Å². The van der Waals surface area contributed by atoms with Gasteiger partial charge in [-0.1, -0.05) is 36.4 Å². The van der Waals surface area contributed by atoms with Gasteiger partial charge in [-0.3, -0.25) is 15.0 Å². The van der Waals surface area contributed by atoms with Crippen molar-refractivity contribution in [1.29, 1.82) is 0 Å². The van der Waals surface area contributed by atoms with Crippen LogP contribution in [0.25, 0.3) is 30.3 Å². The number of hydrogen-bond donors (Lipinski definition) is 2. The Balaban J connectivity index is 1.34. The molecule has 9 heteroatoms. The summed E-state index contributed by atoms with van der Waals surface area (Å²) >= 11 is 3.35. The van der Waals surface area contributed by atoms with Crippen molar-refractivity contribution in [2.45, 2.75) is 19.4 Å². The molecule has 4 aromatic heterocycles. The molecule has 1 amide bonds. The number of aliphatic hydroxyl groups excluding tert-OH is 1. The van der Waals surface area contributed by atoms with Gasteiger partial charge in [-0.2, -0.15) is 5.10 Å². The van der Waals surface area contributed by atoms with Crippen LogP contribution in [-0.4, -0.2) is 32.6 Å². The molecule has 0 spiro atoms. The maximum absolute atomic E-state index is 12.6. The summed E-state index contributed by atoms with van der Waals surface area (Å²) in [6, 6.07) is 17.9. The van der Waals surface area contributed by atoms with Crippen molar-refractivity contribution in [2.75, 3.05) is 11.9 Å². The van der Waals surface area contributed by atoms with Gasteiger partial charge in [0, 0.05) is 56.7 Å². The second-order valence-electron chi connectivity index (χ2n) is 8.08. The lowest BCUT2D eigenvalue weighted by atomic mass is 10.1. The minimum atomic E-state index is -0.524. The van der Waals surface area contributed by atoms with Crippen LogP contribution < -0.4 is 5.32 Å². The quantitative estimate of drug-likeness (QED) is 0.273. The molecule has 0 radical (unpaired) electrons. The van der Waals surface area contributed by atoms with Gasteiger partial charge >= 0.3 is 6.09 Å². The van der Waals surface area contributed by atoms with Crippen molar-refractivity contribution in [3.05, 3.63) is 78.2 Å². The molecule has 0 aliphatic heterocycles. The van der Waals surface area contributed by atoms with E-state index in [1.54, 1.807) is 40.6 Å². The van der Waals surface area contributed by atoms with Gasteiger partial charge in [0.05, 0.1) is 11.8 Å². The summed E-state index contributed by atoms with van der Waals surface area (Å²) in [5.41, 5.74) is 3.72. The summed E-state index contributed by atoms with van der Waals surface area (Å²) in [5.74, 6) is 0.591. The summed E-state index contributed by atoms with van der Waals surface area (Å²) in [4.78, 5) is 19.2. The highest BCUT2D eigenvalue weighted by atomic mass is 32.1. The Labute approximate surface area is 210 Å². The predicted molar refractivity (Wildman–Crippen MR) is 141 cm³/mol. The molecule has 5 rings (SSSR count). The van der Waals surface area contributed by atoms with E-state index in [4.69, 9.17) is 9.84 Å². The molecule has 0 aliphatic carbocycles. The lowest BCUT2D eigenvalue weighted by Gasteiger charge is -2.14. The van der Waals surface area contributed by atoms with E-state index in [0.717, 1.165) is 41.5 Å². The monoisotopic (exact) mass is 504 g/mol. The molecular weight excluding hydrogens is 480 g/mol. The number of nitrogens with one attached hydrogen (secondary N) is 1. The van der Waals surface area contributed by atoms with E-state index in [1.807, 2.05) is 55.6 Å². The first-order valence-electron chi connectivity index (χ1n) is 11.2. The van der Waals surface area contributed by atoms with Gasteiger partial charge in [0.2, 0.25) is 0 Å². The fraction of sp³-hybridized carbons (Fsp3) is 0.192. The number of fused-ring (bicyclic) bond motifs is 1.